The first kappa shape index (κ1) is 17.2. The number of pyridine rings is 1. The summed E-state index contributed by atoms with van der Waals surface area (Å²) in [5, 5.41) is 5.95. The maximum Gasteiger partial charge on any atom is 0.263 e. The van der Waals surface area contributed by atoms with Crippen molar-refractivity contribution in [2.24, 2.45) is 0 Å². The Bertz CT molecular complexity index is 898. The Hall–Kier alpha value is -2.25. The van der Waals surface area contributed by atoms with Crippen LogP contribution >= 0.6 is 22.7 Å². The monoisotopic (exact) mass is 384 g/mol. The van der Waals surface area contributed by atoms with Gasteiger partial charge in [0.15, 0.2) is 0 Å². The molecule has 5 nitrogen and oxygen atoms in total. The summed E-state index contributed by atoms with van der Waals surface area (Å²) in [6.07, 6.45) is 4.27. The fraction of sp³-hybridized carbons (Fsp3) is 0.316. The van der Waals surface area contributed by atoms with E-state index in [0.717, 1.165) is 40.0 Å². The van der Waals surface area contributed by atoms with Crippen LogP contribution in [-0.4, -0.2) is 29.0 Å². The van der Waals surface area contributed by atoms with Gasteiger partial charge in [0, 0.05) is 25.8 Å². The van der Waals surface area contributed by atoms with Crippen molar-refractivity contribution in [1.29, 1.82) is 0 Å². The highest BCUT2D eigenvalue weighted by Gasteiger charge is 2.17. The summed E-state index contributed by atoms with van der Waals surface area (Å²) < 4.78 is 0. The van der Waals surface area contributed by atoms with Gasteiger partial charge in [-0.05, 0) is 48.9 Å². The predicted octanol–water partition coefficient (Wildman–Crippen LogP) is 4.11. The molecule has 0 radical (unpaired) electrons. The lowest BCUT2D eigenvalue weighted by molar-refractivity contribution is 0.0954. The molecular weight excluding hydrogens is 364 g/mol. The van der Waals surface area contributed by atoms with Crippen molar-refractivity contribution < 1.29 is 4.79 Å². The average Bonchev–Trinajstić information content (AvgIpc) is 3.40. The Labute approximate surface area is 160 Å². The normalized spacial score (nSPS) is 14.0. The molecule has 0 bridgehead atoms. The largest absolute Gasteiger partial charge is 0.357 e. The van der Waals surface area contributed by atoms with E-state index >= 15 is 0 Å². The van der Waals surface area contributed by atoms with Gasteiger partial charge in [-0.25, -0.2) is 9.97 Å². The third-order valence-electron chi connectivity index (χ3n) is 4.43. The molecule has 0 aliphatic carbocycles. The number of aryl methyl sites for hydroxylation is 1. The average molecular weight is 385 g/mol. The molecule has 7 heteroatoms. The lowest BCUT2D eigenvalue weighted by Crippen LogP contribution is -2.23. The Morgan fingerprint density at radius 3 is 2.92 bits per heavy atom. The second kappa shape index (κ2) is 7.55. The van der Waals surface area contributed by atoms with Crippen LogP contribution in [0.4, 0.5) is 5.82 Å². The minimum absolute atomic E-state index is 0.0673. The molecule has 1 aliphatic rings. The quantitative estimate of drug-likeness (QED) is 0.719. The van der Waals surface area contributed by atoms with E-state index < -0.39 is 0 Å². The molecule has 0 unspecified atom stereocenters. The van der Waals surface area contributed by atoms with Gasteiger partial charge in [-0.15, -0.1) is 22.7 Å². The van der Waals surface area contributed by atoms with Crippen molar-refractivity contribution >= 4 is 34.4 Å². The smallest absolute Gasteiger partial charge is 0.263 e. The number of carbonyl (C=O) groups excluding carboxylic acids is 1. The third kappa shape index (κ3) is 3.64. The van der Waals surface area contributed by atoms with E-state index in [4.69, 9.17) is 0 Å². The van der Waals surface area contributed by atoms with Crippen LogP contribution in [0.15, 0.2) is 35.8 Å². The van der Waals surface area contributed by atoms with Crippen LogP contribution in [0.5, 0.6) is 0 Å². The van der Waals surface area contributed by atoms with Gasteiger partial charge in [0.1, 0.15) is 15.7 Å². The molecule has 1 fully saturated rings. The summed E-state index contributed by atoms with van der Waals surface area (Å²) in [6, 6.07) is 8.05. The molecule has 4 heterocycles. The van der Waals surface area contributed by atoms with Crippen LogP contribution in [0, 0.1) is 6.92 Å². The molecule has 134 valence electrons. The van der Waals surface area contributed by atoms with Crippen molar-refractivity contribution in [3.8, 4) is 9.88 Å². The first-order valence-corrected chi connectivity index (χ1v) is 10.4. The molecule has 26 heavy (non-hydrogen) atoms. The summed E-state index contributed by atoms with van der Waals surface area (Å²) in [4.78, 5) is 25.7. The number of hydrogen-bond acceptors (Lipinski definition) is 6. The van der Waals surface area contributed by atoms with Crippen molar-refractivity contribution in [2.75, 3.05) is 18.0 Å². The highest BCUT2D eigenvalue weighted by Crippen LogP contribution is 2.31. The second-order valence-corrected chi connectivity index (χ2v) is 8.26. The zero-order valence-corrected chi connectivity index (χ0v) is 16.2. The van der Waals surface area contributed by atoms with Crippen LogP contribution in [0.2, 0.25) is 0 Å². The van der Waals surface area contributed by atoms with E-state index in [2.05, 4.69) is 26.3 Å². The minimum atomic E-state index is -0.0673. The van der Waals surface area contributed by atoms with Gasteiger partial charge >= 0.3 is 0 Å². The van der Waals surface area contributed by atoms with E-state index in [1.807, 2.05) is 36.7 Å². The van der Waals surface area contributed by atoms with Crippen LogP contribution in [0.1, 0.15) is 33.8 Å². The van der Waals surface area contributed by atoms with E-state index in [-0.39, 0.29) is 5.91 Å². The number of anilines is 1. The van der Waals surface area contributed by atoms with Crippen LogP contribution in [0.3, 0.4) is 0 Å². The van der Waals surface area contributed by atoms with Gasteiger partial charge in [0.05, 0.1) is 10.6 Å². The Morgan fingerprint density at radius 1 is 1.31 bits per heavy atom. The molecule has 0 spiro atoms. The molecule has 4 rings (SSSR count). The van der Waals surface area contributed by atoms with E-state index in [1.165, 1.54) is 24.2 Å². The number of nitrogens with one attached hydrogen (secondary N) is 1. The molecule has 1 saturated heterocycles. The van der Waals surface area contributed by atoms with Gasteiger partial charge in [-0.1, -0.05) is 6.07 Å². The van der Waals surface area contributed by atoms with Crippen LogP contribution in [0.25, 0.3) is 9.88 Å². The zero-order valence-electron chi connectivity index (χ0n) is 14.6. The number of amides is 1. The zero-order chi connectivity index (χ0) is 17.9. The fourth-order valence-electron chi connectivity index (χ4n) is 3.07. The van der Waals surface area contributed by atoms with Gasteiger partial charge in [-0.2, -0.15) is 0 Å². The molecule has 3 aromatic heterocycles. The molecule has 1 N–H and O–H groups in total. The predicted molar refractivity (Wildman–Crippen MR) is 107 cm³/mol. The maximum atomic E-state index is 12.6. The summed E-state index contributed by atoms with van der Waals surface area (Å²) in [5.74, 6) is 0.936. The topological polar surface area (TPSA) is 58.1 Å². The van der Waals surface area contributed by atoms with Gasteiger partial charge in [0.2, 0.25) is 0 Å². The SMILES string of the molecule is Cc1nc(-c2cccs2)sc1C(=O)NCc1ccnc(N2CCCC2)c1. The van der Waals surface area contributed by atoms with Gasteiger partial charge < -0.3 is 10.2 Å². The molecule has 3 aromatic rings. The third-order valence-corrected chi connectivity index (χ3v) is 6.62. The summed E-state index contributed by atoms with van der Waals surface area (Å²) >= 11 is 3.09. The Balaban J connectivity index is 1.43. The Kier molecular flexibility index (Phi) is 4.99. The van der Waals surface area contributed by atoms with E-state index in [9.17, 15) is 4.79 Å². The standard InChI is InChI=1S/C19H20N4OS2/c1-13-17(26-19(22-13)15-5-4-10-25-15)18(24)21-12-14-6-7-20-16(11-14)23-8-2-3-9-23/h4-7,10-11H,2-3,8-9,12H2,1H3,(H,21,24). The lowest BCUT2D eigenvalue weighted by Gasteiger charge is -2.16. The summed E-state index contributed by atoms with van der Waals surface area (Å²) in [5.41, 5.74) is 1.85. The van der Waals surface area contributed by atoms with Crippen molar-refractivity contribution in [2.45, 2.75) is 26.3 Å². The number of thiazole rings is 1. The minimum Gasteiger partial charge on any atom is -0.357 e. The van der Waals surface area contributed by atoms with E-state index in [1.54, 1.807) is 11.3 Å². The summed E-state index contributed by atoms with van der Waals surface area (Å²) in [7, 11) is 0. The highest BCUT2D eigenvalue weighted by molar-refractivity contribution is 7.22. The lowest BCUT2D eigenvalue weighted by atomic mass is 10.2. The molecule has 1 amide bonds. The van der Waals surface area contributed by atoms with Gasteiger partial charge in [0.25, 0.3) is 5.91 Å². The number of thiophene rings is 1. The van der Waals surface area contributed by atoms with Crippen LogP contribution in [-0.2, 0) is 6.54 Å². The fourth-order valence-corrected chi connectivity index (χ4v) is 4.84. The molecule has 0 aromatic carbocycles. The molecule has 0 atom stereocenters. The maximum absolute atomic E-state index is 12.6. The molecule has 1 aliphatic heterocycles. The first-order chi connectivity index (χ1) is 12.7. The van der Waals surface area contributed by atoms with Gasteiger partial charge in [-0.3, -0.25) is 4.79 Å². The van der Waals surface area contributed by atoms with E-state index in [0.29, 0.717) is 11.4 Å². The second-order valence-electron chi connectivity index (χ2n) is 6.31. The van der Waals surface area contributed by atoms with Crippen molar-refractivity contribution in [3.05, 3.63) is 52.0 Å². The number of rotatable bonds is 5. The van der Waals surface area contributed by atoms with Crippen molar-refractivity contribution in [1.82, 2.24) is 15.3 Å². The first-order valence-electron chi connectivity index (χ1n) is 8.70. The highest BCUT2D eigenvalue weighted by atomic mass is 32.1. The number of hydrogen-bond donors (Lipinski definition) is 1. The molecule has 0 saturated carbocycles. The van der Waals surface area contributed by atoms with Crippen LogP contribution < -0.4 is 10.2 Å². The number of carbonyl (C=O) groups is 1. The van der Waals surface area contributed by atoms with Crippen molar-refractivity contribution in [3.63, 3.8) is 0 Å². The summed E-state index contributed by atoms with van der Waals surface area (Å²) in [6.45, 7) is 4.51. The number of nitrogens with zero attached hydrogens (tertiary/aromatic N) is 3. The Morgan fingerprint density at radius 2 is 2.15 bits per heavy atom. The molecular formula is C19H20N4OS2. The number of aromatic nitrogens is 2.